The number of carbonyl (C=O) groups is 1. The molecule has 0 aromatic heterocycles. The Hall–Kier alpha value is -1.35. The fraction of sp³-hybridized carbons (Fsp3) is 0.562. The van der Waals surface area contributed by atoms with E-state index < -0.39 is 5.97 Å². The maximum Gasteiger partial charge on any atom is 0.317 e. The molecule has 19 heavy (non-hydrogen) atoms. The largest absolute Gasteiger partial charge is 0.480 e. The number of rotatable bonds is 5. The third kappa shape index (κ3) is 3.16. The van der Waals surface area contributed by atoms with Crippen LogP contribution in [0.5, 0.6) is 0 Å². The molecular weight excluding hydrogens is 238 g/mol. The molecule has 0 amide bonds. The predicted octanol–water partition coefficient (Wildman–Crippen LogP) is 3.42. The lowest BCUT2D eigenvalue weighted by Crippen LogP contribution is -2.36. The molecule has 0 fully saturated rings. The summed E-state index contributed by atoms with van der Waals surface area (Å²) in [6.45, 7) is 5.35. The summed E-state index contributed by atoms with van der Waals surface area (Å²) in [4.78, 5) is 13.2. The van der Waals surface area contributed by atoms with Crippen LogP contribution in [-0.2, 0) is 4.79 Å². The number of aliphatic carboxylic acids is 1. The van der Waals surface area contributed by atoms with Crippen molar-refractivity contribution >= 4 is 5.97 Å². The molecule has 1 aromatic rings. The number of fused-ring (bicyclic) bond motifs is 1. The summed E-state index contributed by atoms with van der Waals surface area (Å²) >= 11 is 0. The summed E-state index contributed by atoms with van der Waals surface area (Å²) in [6, 6.07) is 8.77. The van der Waals surface area contributed by atoms with Gasteiger partial charge in [0.05, 0.1) is 6.54 Å². The summed E-state index contributed by atoms with van der Waals surface area (Å²) in [5.41, 5.74) is 2.72. The smallest absolute Gasteiger partial charge is 0.317 e. The Balaban J connectivity index is 2.28. The first-order valence-corrected chi connectivity index (χ1v) is 7.18. The Morgan fingerprint density at radius 3 is 2.63 bits per heavy atom. The normalized spacial score (nSPS) is 22.3. The van der Waals surface area contributed by atoms with Gasteiger partial charge in [-0.25, -0.2) is 0 Å². The number of hydrogen-bond donors (Lipinski definition) is 1. The molecule has 3 heteroatoms. The molecule has 0 aliphatic heterocycles. The van der Waals surface area contributed by atoms with Gasteiger partial charge >= 0.3 is 5.97 Å². The van der Waals surface area contributed by atoms with Gasteiger partial charge in [-0.15, -0.1) is 0 Å². The minimum Gasteiger partial charge on any atom is -0.480 e. The molecule has 2 unspecified atom stereocenters. The zero-order valence-electron chi connectivity index (χ0n) is 11.8. The van der Waals surface area contributed by atoms with Crippen molar-refractivity contribution in [3.8, 4) is 0 Å². The SMILES string of the molecule is CCCN(CC(=O)O)C1CCC(C)c2ccccc21. The second-order valence-corrected chi connectivity index (χ2v) is 5.49. The van der Waals surface area contributed by atoms with Crippen LogP contribution in [-0.4, -0.2) is 29.1 Å². The first kappa shape index (κ1) is 14.1. The Morgan fingerprint density at radius 1 is 1.32 bits per heavy atom. The van der Waals surface area contributed by atoms with E-state index in [1.807, 2.05) is 0 Å². The third-order valence-corrected chi connectivity index (χ3v) is 4.05. The Bertz CT molecular complexity index is 444. The van der Waals surface area contributed by atoms with Crippen LogP contribution in [0.3, 0.4) is 0 Å². The highest BCUT2D eigenvalue weighted by atomic mass is 16.4. The second kappa shape index (κ2) is 6.20. The van der Waals surface area contributed by atoms with E-state index >= 15 is 0 Å². The molecule has 0 saturated heterocycles. The van der Waals surface area contributed by atoms with Crippen molar-refractivity contribution in [2.45, 2.75) is 45.1 Å². The lowest BCUT2D eigenvalue weighted by Gasteiger charge is -2.37. The second-order valence-electron chi connectivity index (χ2n) is 5.49. The van der Waals surface area contributed by atoms with Crippen LogP contribution in [0.1, 0.15) is 56.2 Å². The first-order valence-electron chi connectivity index (χ1n) is 7.18. The van der Waals surface area contributed by atoms with Crippen molar-refractivity contribution in [1.29, 1.82) is 0 Å². The Labute approximate surface area is 115 Å². The van der Waals surface area contributed by atoms with Gasteiger partial charge in [0.2, 0.25) is 0 Å². The number of carboxylic acids is 1. The monoisotopic (exact) mass is 261 g/mol. The molecule has 0 heterocycles. The van der Waals surface area contributed by atoms with Crippen LogP contribution >= 0.6 is 0 Å². The maximum atomic E-state index is 11.1. The molecule has 104 valence electrons. The summed E-state index contributed by atoms with van der Waals surface area (Å²) in [6.07, 6.45) is 3.19. The Morgan fingerprint density at radius 2 is 2.00 bits per heavy atom. The molecule has 0 radical (unpaired) electrons. The van der Waals surface area contributed by atoms with Crippen molar-refractivity contribution in [3.05, 3.63) is 35.4 Å². The number of hydrogen-bond acceptors (Lipinski definition) is 2. The molecule has 1 aliphatic carbocycles. The van der Waals surface area contributed by atoms with Gasteiger partial charge in [0, 0.05) is 6.04 Å². The van der Waals surface area contributed by atoms with Gasteiger partial charge in [0.25, 0.3) is 0 Å². The van der Waals surface area contributed by atoms with Crippen LogP contribution in [0.25, 0.3) is 0 Å². The highest BCUT2D eigenvalue weighted by Crippen LogP contribution is 2.40. The highest BCUT2D eigenvalue weighted by Gasteiger charge is 2.29. The van der Waals surface area contributed by atoms with Crippen molar-refractivity contribution < 1.29 is 9.90 Å². The quantitative estimate of drug-likeness (QED) is 0.883. The fourth-order valence-corrected chi connectivity index (χ4v) is 3.17. The highest BCUT2D eigenvalue weighted by molar-refractivity contribution is 5.69. The van der Waals surface area contributed by atoms with Gasteiger partial charge in [-0.3, -0.25) is 9.69 Å². The predicted molar refractivity (Wildman–Crippen MR) is 76.3 cm³/mol. The first-order chi connectivity index (χ1) is 9.13. The molecule has 0 saturated carbocycles. The van der Waals surface area contributed by atoms with Gasteiger partial charge in [0.15, 0.2) is 0 Å². The average Bonchev–Trinajstić information content (AvgIpc) is 2.39. The average molecular weight is 261 g/mol. The fourth-order valence-electron chi connectivity index (χ4n) is 3.17. The maximum absolute atomic E-state index is 11.1. The van der Waals surface area contributed by atoms with Gasteiger partial charge in [0.1, 0.15) is 0 Å². The van der Waals surface area contributed by atoms with Gasteiger partial charge in [-0.1, -0.05) is 38.1 Å². The van der Waals surface area contributed by atoms with Crippen LogP contribution in [0.15, 0.2) is 24.3 Å². The van der Waals surface area contributed by atoms with Crippen LogP contribution < -0.4 is 0 Å². The number of nitrogens with zero attached hydrogens (tertiary/aromatic N) is 1. The zero-order valence-corrected chi connectivity index (χ0v) is 11.8. The van der Waals surface area contributed by atoms with Crippen molar-refractivity contribution in [2.24, 2.45) is 0 Å². The van der Waals surface area contributed by atoms with Crippen molar-refractivity contribution in [2.75, 3.05) is 13.1 Å². The lowest BCUT2D eigenvalue weighted by atomic mass is 9.80. The third-order valence-electron chi connectivity index (χ3n) is 4.05. The zero-order chi connectivity index (χ0) is 13.8. The standard InChI is InChI=1S/C16H23NO2/c1-3-10-17(11-16(18)19)15-9-8-12(2)13-6-4-5-7-14(13)15/h4-7,12,15H,3,8-11H2,1-2H3,(H,18,19). The summed E-state index contributed by atoms with van der Waals surface area (Å²) in [5.74, 6) is -0.148. The van der Waals surface area contributed by atoms with Crippen LogP contribution in [0.2, 0.25) is 0 Å². The molecule has 2 atom stereocenters. The minimum absolute atomic E-state index is 0.140. The van der Waals surface area contributed by atoms with Crippen molar-refractivity contribution in [1.82, 2.24) is 4.90 Å². The van der Waals surface area contributed by atoms with Gasteiger partial charge in [-0.05, 0) is 42.9 Å². The Kier molecular flexibility index (Phi) is 4.59. The molecule has 1 N–H and O–H groups in total. The van der Waals surface area contributed by atoms with E-state index in [4.69, 9.17) is 5.11 Å². The van der Waals surface area contributed by atoms with Gasteiger partial charge in [-0.2, -0.15) is 0 Å². The van der Waals surface area contributed by atoms with Crippen LogP contribution in [0, 0.1) is 0 Å². The number of carboxylic acid groups (broad SMARTS) is 1. The molecule has 0 bridgehead atoms. The molecule has 1 aliphatic rings. The summed E-state index contributed by atoms with van der Waals surface area (Å²) < 4.78 is 0. The molecule has 1 aromatic carbocycles. The lowest BCUT2D eigenvalue weighted by molar-refractivity contribution is -0.139. The molecule has 2 rings (SSSR count). The van der Waals surface area contributed by atoms with Crippen LogP contribution in [0.4, 0.5) is 0 Å². The molecular formula is C16H23NO2. The van der Waals surface area contributed by atoms with E-state index in [0.29, 0.717) is 5.92 Å². The van der Waals surface area contributed by atoms with E-state index in [-0.39, 0.29) is 12.6 Å². The van der Waals surface area contributed by atoms with E-state index in [9.17, 15) is 4.79 Å². The molecule has 0 spiro atoms. The van der Waals surface area contributed by atoms with Crippen molar-refractivity contribution in [3.63, 3.8) is 0 Å². The van der Waals surface area contributed by atoms with E-state index in [1.165, 1.54) is 11.1 Å². The summed E-state index contributed by atoms with van der Waals surface area (Å²) in [5, 5.41) is 9.10. The molecule has 3 nitrogen and oxygen atoms in total. The van der Waals surface area contributed by atoms with E-state index in [0.717, 1.165) is 25.8 Å². The van der Waals surface area contributed by atoms with E-state index in [1.54, 1.807) is 0 Å². The topological polar surface area (TPSA) is 40.5 Å². The summed E-state index contributed by atoms with van der Waals surface area (Å²) in [7, 11) is 0. The van der Waals surface area contributed by atoms with E-state index in [2.05, 4.69) is 43.0 Å². The van der Waals surface area contributed by atoms with Gasteiger partial charge < -0.3 is 5.11 Å². The number of benzene rings is 1. The minimum atomic E-state index is -0.732.